The molecule has 0 saturated heterocycles. The van der Waals surface area contributed by atoms with E-state index in [9.17, 15) is 4.39 Å². The highest BCUT2D eigenvalue weighted by Gasteiger charge is 2.30. The molecule has 0 radical (unpaired) electrons. The predicted molar refractivity (Wildman–Crippen MR) is 74.1 cm³/mol. The van der Waals surface area contributed by atoms with E-state index in [2.05, 4.69) is 21.8 Å². The Bertz CT molecular complexity index is 611. The molecule has 1 aromatic carbocycles. The molecule has 2 atom stereocenters. The summed E-state index contributed by atoms with van der Waals surface area (Å²) in [4.78, 5) is 4.18. The molecule has 3 rings (SSSR count). The van der Waals surface area contributed by atoms with Crippen LogP contribution in [-0.2, 0) is 6.54 Å². The van der Waals surface area contributed by atoms with Crippen molar-refractivity contribution < 1.29 is 9.13 Å². The van der Waals surface area contributed by atoms with Crippen molar-refractivity contribution in [1.29, 1.82) is 0 Å². The van der Waals surface area contributed by atoms with Gasteiger partial charge in [0.15, 0.2) is 0 Å². The smallest absolute Gasteiger partial charge is 0.142 e. The van der Waals surface area contributed by atoms with Gasteiger partial charge in [0, 0.05) is 30.6 Å². The Kier molecular flexibility index (Phi) is 3.44. The number of aryl methyl sites for hydroxylation is 1. The lowest BCUT2D eigenvalue weighted by Crippen LogP contribution is -2.28. The predicted octanol–water partition coefficient (Wildman–Crippen LogP) is 2.83. The number of nitrogens with zero attached hydrogens (tertiary/aromatic N) is 2. The first-order chi connectivity index (χ1) is 9.72. The normalized spacial score (nSPS) is 21.4. The van der Waals surface area contributed by atoms with Crippen LogP contribution < -0.4 is 10.1 Å². The number of fused-ring (bicyclic) bond motifs is 1. The van der Waals surface area contributed by atoms with Gasteiger partial charge < -0.3 is 14.6 Å². The first-order valence-corrected chi connectivity index (χ1v) is 6.86. The molecule has 0 fully saturated rings. The molecule has 5 heteroatoms. The topological polar surface area (TPSA) is 39.1 Å². The van der Waals surface area contributed by atoms with Crippen molar-refractivity contribution in [1.82, 2.24) is 14.9 Å². The highest BCUT2D eigenvalue weighted by molar-refractivity contribution is 5.39. The third kappa shape index (κ3) is 2.18. The summed E-state index contributed by atoms with van der Waals surface area (Å²) in [6.07, 6.45) is 4.32. The van der Waals surface area contributed by atoms with Gasteiger partial charge in [-0.1, -0.05) is 6.07 Å². The molecule has 106 valence electrons. The lowest BCUT2D eigenvalue weighted by atomic mass is 9.95. The summed E-state index contributed by atoms with van der Waals surface area (Å²) in [5.74, 6) is 0.340. The van der Waals surface area contributed by atoms with Crippen LogP contribution in [0, 0.1) is 5.82 Å². The number of hydrogen-bond donors (Lipinski definition) is 1. The van der Waals surface area contributed by atoms with Gasteiger partial charge in [-0.3, -0.25) is 0 Å². The number of benzene rings is 1. The molecule has 1 aliphatic rings. The Labute approximate surface area is 117 Å². The Morgan fingerprint density at radius 1 is 1.50 bits per heavy atom. The average Bonchev–Trinajstić information content (AvgIpc) is 2.94. The molecule has 1 aromatic heterocycles. The monoisotopic (exact) mass is 275 g/mol. The van der Waals surface area contributed by atoms with Crippen LogP contribution in [0.5, 0.6) is 5.75 Å². The summed E-state index contributed by atoms with van der Waals surface area (Å²) >= 11 is 0. The van der Waals surface area contributed by atoms with Gasteiger partial charge in [-0.25, -0.2) is 9.37 Å². The molecule has 0 bridgehead atoms. The van der Waals surface area contributed by atoms with E-state index in [4.69, 9.17) is 4.74 Å². The second kappa shape index (κ2) is 5.25. The summed E-state index contributed by atoms with van der Waals surface area (Å²) in [6, 6.07) is 4.88. The maximum Gasteiger partial charge on any atom is 0.142 e. The van der Waals surface area contributed by atoms with E-state index in [1.807, 2.05) is 13.2 Å². The number of imidazole rings is 1. The van der Waals surface area contributed by atoms with Crippen molar-refractivity contribution in [3.05, 3.63) is 47.8 Å². The van der Waals surface area contributed by atoms with Crippen molar-refractivity contribution in [3.63, 3.8) is 0 Å². The lowest BCUT2D eigenvalue weighted by molar-refractivity contribution is 0.145. The van der Waals surface area contributed by atoms with Crippen LogP contribution in [0.15, 0.2) is 30.7 Å². The van der Waals surface area contributed by atoms with Crippen molar-refractivity contribution in [2.45, 2.75) is 32.0 Å². The first kappa shape index (κ1) is 13.1. The number of aromatic nitrogens is 2. The Morgan fingerprint density at radius 2 is 2.35 bits per heavy atom. The molecule has 2 heterocycles. The molecular formula is C15H18FN3O. The molecule has 2 unspecified atom stereocenters. The zero-order chi connectivity index (χ0) is 14.1. The van der Waals surface area contributed by atoms with Crippen molar-refractivity contribution in [3.8, 4) is 5.75 Å². The molecule has 0 amide bonds. The summed E-state index contributed by atoms with van der Waals surface area (Å²) in [5, 5.41) is 3.28. The molecule has 1 aliphatic heterocycles. The highest BCUT2D eigenvalue weighted by Crippen LogP contribution is 2.40. The summed E-state index contributed by atoms with van der Waals surface area (Å²) in [5.41, 5.74) is 2.04. The van der Waals surface area contributed by atoms with Crippen LogP contribution in [0.1, 0.15) is 36.7 Å². The van der Waals surface area contributed by atoms with Crippen LogP contribution >= 0.6 is 0 Å². The second-order valence-electron chi connectivity index (χ2n) is 4.97. The maximum absolute atomic E-state index is 13.4. The number of ether oxygens (including phenoxy) is 1. The van der Waals surface area contributed by atoms with E-state index >= 15 is 0 Å². The van der Waals surface area contributed by atoms with Crippen LogP contribution in [0.2, 0.25) is 0 Å². The quantitative estimate of drug-likeness (QED) is 0.936. The van der Waals surface area contributed by atoms with Crippen LogP contribution in [0.3, 0.4) is 0 Å². The molecule has 0 spiro atoms. The van der Waals surface area contributed by atoms with Gasteiger partial charge in [0.25, 0.3) is 0 Å². The number of rotatable bonds is 3. The lowest BCUT2D eigenvalue weighted by Gasteiger charge is -2.32. The fourth-order valence-corrected chi connectivity index (χ4v) is 2.76. The van der Waals surface area contributed by atoms with E-state index < -0.39 is 0 Å². The molecule has 0 saturated carbocycles. The minimum absolute atomic E-state index is 0.107. The Balaban J connectivity index is 1.98. The largest absolute Gasteiger partial charge is 0.484 e. The maximum atomic E-state index is 13.4. The number of nitrogens with one attached hydrogen (secondary N) is 1. The van der Waals surface area contributed by atoms with Gasteiger partial charge in [0.1, 0.15) is 17.7 Å². The molecule has 4 nitrogen and oxygen atoms in total. The first-order valence-electron chi connectivity index (χ1n) is 6.86. The van der Waals surface area contributed by atoms with E-state index in [0.29, 0.717) is 5.75 Å². The minimum Gasteiger partial charge on any atom is -0.484 e. The standard InChI is InChI=1S/C15H18FN3O/c1-3-19-9-18-8-13(19)15-7-12(17-2)11-5-4-10(16)6-14(11)20-15/h4-6,8-9,12,15,17H,3,7H2,1-2H3. The van der Waals surface area contributed by atoms with Crippen molar-refractivity contribution in [2.24, 2.45) is 0 Å². The number of halogens is 1. The Hall–Kier alpha value is -1.88. The molecule has 2 aromatic rings. The zero-order valence-corrected chi connectivity index (χ0v) is 11.6. The molecule has 1 N–H and O–H groups in total. The van der Waals surface area contributed by atoms with Crippen LogP contribution in [0.25, 0.3) is 0 Å². The molecule has 20 heavy (non-hydrogen) atoms. The van der Waals surface area contributed by atoms with Crippen molar-refractivity contribution in [2.75, 3.05) is 7.05 Å². The van der Waals surface area contributed by atoms with Crippen LogP contribution in [0.4, 0.5) is 4.39 Å². The number of hydrogen-bond acceptors (Lipinski definition) is 3. The van der Waals surface area contributed by atoms with Crippen LogP contribution in [-0.4, -0.2) is 16.6 Å². The van der Waals surface area contributed by atoms with Gasteiger partial charge in [-0.05, 0) is 20.0 Å². The molecular weight excluding hydrogens is 257 g/mol. The van der Waals surface area contributed by atoms with Gasteiger partial charge in [-0.2, -0.15) is 0 Å². The van der Waals surface area contributed by atoms with E-state index in [-0.39, 0.29) is 18.0 Å². The minimum atomic E-state index is -0.275. The summed E-state index contributed by atoms with van der Waals surface area (Å²) in [7, 11) is 1.91. The van der Waals surface area contributed by atoms with Gasteiger partial charge in [0.2, 0.25) is 0 Å². The van der Waals surface area contributed by atoms with Gasteiger partial charge in [0.05, 0.1) is 18.2 Å². The Morgan fingerprint density at radius 3 is 3.10 bits per heavy atom. The third-order valence-corrected chi connectivity index (χ3v) is 3.83. The van der Waals surface area contributed by atoms with Crippen molar-refractivity contribution >= 4 is 0 Å². The van der Waals surface area contributed by atoms with Gasteiger partial charge >= 0.3 is 0 Å². The summed E-state index contributed by atoms with van der Waals surface area (Å²) in [6.45, 7) is 2.91. The fourth-order valence-electron chi connectivity index (χ4n) is 2.76. The van der Waals surface area contributed by atoms with E-state index in [1.54, 1.807) is 12.4 Å². The van der Waals surface area contributed by atoms with Gasteiger partial charge in [-0.15, -0.1) is 0 Å². The van der Waals surface area contributed by atoms with E-state index in [1.165, 1.54) is 12.1 Å². The SMILES string of the molecule is CCn1cncc1C1CC(NC)c2ccc(F)cc2O1. The van der Waals surface area contributed by atoms with E-state index in [0.717, 1.165) is 24.2 Å². The zero-order valence-electron chi connectivity index (χ0n) is 11.6. The molecule has 0 aliphatic carbocycles. The second-order valence-corrected chi connectivity index (χ2v) is 4.97. The average molecular weight is 275 g/mol. The third-order valence-electron chi connectivity index (χ3n) is 3.83. The highest BCUT2D eigenvalue weighted by atomic mass is 19.1. The summed E-state index contributed by atoms with van der Waals surface area (Å²) < 4.78 is 21.5. The fraction of sp³-hybridized carbons (Fsp3) is 0.400.